The first kappa shape index (κ1) is 28.6. The van der Waals surface area contributed by atoms with Crippen molar-refractivity contribution in [2.24, 2.45) is 0 Å². The van der Waals surface area contributed by atoms with E-state index in [4.69, 9.17) is 14.3 Å². The summed E-state index contributed by atoms with van der Waals surface area (Å²) in [6.07, 6.45) is 2.00. The molecular weight excluding hydrogens is 493 g/mol. The Kier molecular flexibility index (Phi) is 8.46. The van der Waals surface area contributed by atoms with Gasteiger partial charge in [-0.2, -0.15) is 0 Å². The maximum absolute atomic E-state index is 15.8. The second kappa shape index (κ2) is 11.2. The van der Waals surface area contributed by atoms with Crippen molar-refractivity contribution in [1.82, 2.24) is 10.2 Å². The molecule has 0 saturated heterocycles. The molecule has 1 N–H and O–H groups in total. The van der Waals surface area contributed by atoms with Gasteiger partial charge >= 0.3 is 12.1 Å². The summed E-state index contributed by atoms with van der Waals surface area (Å²) in [4.78, 5) is 36.4. The van der Waals surface area contributed by atoms with Gasteiger partial charge in [-0.25, -0.2) is 23.8 Å². The number of carboxylic acid groups (broad SMARTS) is 1. The van der Waals surface area contributed by atoms with E-state index in [1.165, 1.54) is 30.6 Å². The highest BCUT2D eigenvalue weighted by Crippen LogP contribution is 2.36. The first-order valence-corrected chi connectivity index (χ1v) is 12.2. The molecule has 3 rings (SSSR count). The van der Waals surface area contributed by atoms with Crippen molar-refractivity contribution in [2.75, 3.05) is 11.6 Å². The molecule has 1 amide bonds. The molecule has 2 aromatic carbocycles. The maximum Gasteiger partial charge on any atom is 0.454 e. The number of ether oxygens (including phenoxy) is 2. The Bertz CT molecular complexity index is 1300. The van der Waals surface area contributed by atoms with Crippen LogP contribution in [0, 0.1) is 5.82 Å². The lowest BCUT2D eigenvalue weighted by molar-refractivity contribution is -0.222. The molecule has 0 radical (unpaired) electrons. The number of amides is 1. The van der Waals surface area contributed by atoms with Crippen LogP contribution in [0.4, 0.5) is 14.9 Å². The highest BCUT2D eigenvalue weighted by atomic mass is 19.1. The molecular formula is C28H34FN3O6. The van der Waals surface area contributed by atoms with Gasteiger partial charge in [0.2, 0.25) is 0 Å². The number of fused-ring (bicyclic) bond motifs is 1. The molecule has 9 nitrogen and oxygen atoms in total. The fourth-order valence-corrected chi connectivity index (χ4v) is 3.67. The van der Waals surface area contributed by atoms with Crippen molar-refractivity contribution >= 4 is 28.5 Å². The predicted octanol–water partition coefficient (Wildman–Crippen LogP) is 6.29. The Morgan fingerprint density at radius 2 is 1.74 bits per heavy atom. The van der Waals surface area contributed by atoms with Crippen LogP contribution < -0.4 is 9.75 Å². The number of aliphatic carboxylic acids is 1. The van der Waals surface area contributed by atoms with E-state index in [2.05, 4.69) is 4.98 Å². The lowest BCUT2D eigenvalue weighted by Crippen LogP contribution is -2.54. The molecule has 1 aromatic heterocycles. The zero-order valence-corrected chi connectivity index (χ0v) is 22.7. The highest BCUT2D eigenvalue weighted by Gasteiger charge is 2.41. The van der Waals surface area contributed by atoms with E-state index in [1.54, 1.807) is 72.7 Å². The van der Waals surface area contributed by atoms with Crippen molar-refractivity contribution in [1.29, 1.82) is 0 Å². The van der Waals surface area contributed by atoms with Crippen LogP contribution >= 0.6 is 0 Å². The van der Waals surface area contributed by atoms with Gasteiger partial charge in [-0.15, -0.1) is 0 Å². The molecule has 38 heavy (non-hydrogen) atoms. The molecule has 10 heteroatoms. The number of carboxylic acids is 1. The first-order chi connectivity index (χ1) is 17.7. The molecule has 1 atom stereocenters. The van der Waals surface area contributed by atoms with E-state index in [0.29, 0.717) is 28.3 Å². The van der Waals surface area contributed by atoms with E-state index in [-0.39, 0.29) is 11.3 Å². The minimum atomic E-state index is -1.61. The normalized spacial score (nSPS) is 12.6. The molecule has 0 spiro atoms. The molecule has 0 aliphatic heterocycles. The zero-order valence-electron chi connectivity index (χ0n) is 22.7. The number of hydrogen-bond donors (Lipinski definition) is 1. The quantitative estimate of drug-likeness (QED) is 0.341. The van der Waals surface area contributed by atoms with E-state index in [0.717, 1.165) is 5.01 Å². The van der Waals surface area contributed by atoms with Crippen LogP contribution in [0.15, 0.2) is 54.9 Å². The van der Waals surface area contributed by atoms with Gasteiger partial charge in [0.05, 0.1) is 17.9 Å². The average Bonchev–Trinajstić information content (AvgIpc) is 2.79. The summed E-state index contributed by atoms with van der Waals surface area (Å²) in [7, 11) is 0. The fourth-order valence-electron chi connectivity index (χ4n) is 3.67. The summed E-state index contributed by atoms with van der Waals surface area (Å²) in [5, 5.41) is 13.2. The molecule has 3 aromatic rings. The van der Waals surface area contributed by atoms with Gasteiger partial charge in [0, 0.05) is 17.8 Å². The fraction of sp³-hybridized carbons (Fsp3) is 0.393. The lowest BCUT2D eigenvalue weighted by Gasteiger charge is -2.41. The highest BCUT2D eigenvalue weighted by molar-refractivity contribution is 5.88. The van der Waals surface area contributed by atoms with Crippen LogP contribution in [0.25, 0.3) is 10.8 Å². The molecule has 0 saturated carbocycles. The van der Waals surface area contributed by atoms with Crippen molar-refractivity contribution < 1.29 is 33.4 Å². The number of nitrogens with zero attached hydrogens (tertiary/aromatic N) is 3. The number of pyridine rings is 1. The number of carbonyl (C=O) groups excluding carboxylic acids is 1. The number of carbonyl (C=O) groups is 2. The third-order valence-corrected chi connectivity index (χ3v) is 5.02. The van der Waals surface area contributed by atoms with Crippen LogP contribution in [0.5, 0.6) is 5.75 Å². The SMILES string of the molecule is CCOc1cccc(C(C(=O)O)N(c2cc3ccncc3cc2F)N(OC(C)(C)C)C(=O)OC(C)(C)C)c1. The van der Waals surface area contributed by atoms with Gasteiger partial charge in [0.1, 0.15) is 17.2 Å². The van der Waals surface area contributed by atoms with Crippen molar-refractivity contribution in [3.63, 3.8) is 0 Å². The molecule has 1 unspecified atom stereocenters. The molecule has 0 aliphatic rings. The Balaban J connectivity index is 2.33. The van der Waals surface area contributed by atoms with E-state index >= 15 is 4.39 Å². The number of halogens is 1. The van der Waals surface area contributed by atoms with Crippen LogP contribution in [0.3, 0.4) is 0 Å². The van der Waals surface area contributed by atoms with Gasteiger partial charge < -0.3 is 14.6 Å². The Morgan fingerprint density at radius 1 is 1.03 bits per heavy atom. The van der Waals surface area contributed by atoms with Gasteiger partial charge in [0.25, 0.3) is 0 Å². The zero-order chi connectivity index (χ0) is 28.3. The lowest BCUT2D eigenvalue weighted by atomic mass is 10.0. The van der Waals surface area contributed by atoms with Crippen molar-refractivity contribution in [3.8, 4) is 5.75 Å². The van der Waals surface area contributed by atoms with E-state index in [9.17, 15) is 14.7 Å². The van der Waals surface area contributed by atoms with E-state index in [1.807, 2.05) is 0 Å². The van der Waals surface area contributed by atoms with Crippen LogP contribution in [-0.4, -0.2) is 45.1 Å². The maximum atomic E-state index is 15.8. The first-order valence-electron chi connectivity index (χ1n) is 12.2. The molecule has 1 heterocycles. The predicted molar refractivity (Wildman–Crippen MR) is 141 cm³/mol. The number of rotatable bonds is 8. The third-order valence-electron chi connectivity index (χ3n) is 5.02. The monoisotopic (exact) mass is 527 g/mol. The standard InChI is InChI=1S/C28H34FN3O6/c1-8-36-21-11-9-10-19(14-21)24(25(33)34)31(23-16-18-12-13-30-17-20(18)15-22(23)29)32(38-28(5,6)7)26(35)37-27(2,3)4/h9-17,24H,8H2,1-7H3,(H,33,34). The van der Waals surface area contributed by atoms with E-state index < -0.39 is 35.1 Å². The van der Waals surface area contributed by atoms with Gasteiger partial charge in [-0.3, -0.25) is 4.98 Å². The topological polar surface area (TPSA) is 101 Å². The second-order valence-electron chi connectivity index (χ2n) is 10.6. The smallest absolute Gasteiger partial charge is 0.454 e. The third kappa shape index (κ3) is 7.10. The number of aromatic nitrogens is 1. The Labute approximate surface area is 221 Å². The van der Waals surface area contributed by atoms with Crippen LogP contribution in [0.2, 0.25) is 0 Å². The average molecular weight is 528 g/mol. The molecule has 0 aliphatic carbocycles. The number of benzene rings is 2. The van der Waals surface area contributed by atoms with Crippen molar-refractivity contribution in [3.05, 3.63) is 66.2 Å². The van der Waals surface area contributed by atoms with Crippen LogP contribution in [-0.2, 0) is 14.4 Å². The Morgan fingerprint density at radius 3 is 2.34 bits per heavy atom. The minimum absolute atomic E-state index is 0.215. The molecule has 0 fully saturated rings. The number of hydrogen-bond acceptors (Lipinski definition) is 7. The summed E-state index contributed by atoms with van der Waals surface area (Å²) >= 11 is 0. The summed E-state index contributed by atoms with van der Waals surface area (Å²) in [5.74, 6) is -1.73. The van der Waals surface area contributed by atoms with Gasteiger partial charge in [-0.1, -0.05) is 17.3 Å². The summed E-state index contributed by atoms with van der Waals surface area (Å²) in [5.41, 5.74) is -1.94. The summed E-state index contributed by atoms with van der Waals surface area (Å²) < 4.78 is 26.9. The van der Waals surface area contributed by atoms with Gasteiger partial charge in [0.15, 0.2) is 6.04 Å². The van der Waals surface area contributed by atoms with Crippen molar-refractivity contribution in [2.45, 2.75) is 65.7 Å². The summed E-state index contributed by atoms with van der Waals surface area (Å²) in [6.45, 7) is 12.2. The second-order valence-corrected chi connectivity index (χ2v) is 10.6. The van der Waals surface area contributed by atoms with Gasteiger partial charge in [-0.05, 0) is 89.7 Å². The largest absolute Gasteiger partial charge is 0.494 e. The molecule has 204 valence electrons. The Hall–Kier alpha value is -3.92. The van der Waals surface area contributed by atoms with Crippen LogP contribution in [0.1, 0.15) is 60.1 Å². The number of hydroxylamine groups is 1. The number of hydrazine groups is 1. The molecule has 0 bridgehead atoms. The number of anilines is 1. The minimum Gasteiger partial charge on any atom is -0.494 e. The summed E-state index contributed by atoms with van der Waals surface area (Å²) in [6, 6.07) is 9.10.